The van der Waals surface area contributed by atoms with Crippen LogP contribution in [0.15, 0.2) is 72.4 Å². The van der Waals surface area contributed by atoms with E-state index < -0.39 is 5.91 Å². The molecule has 0 aliphatic carbocycles. The fourth-order valence-electron chi connectivity index (χ4n) is 2.78. The Balaban J connectivity index is 1.65. The van der Waals surface area contributed by atoms with E-state index in [0.717, 1.165) is 12.0 Å². The highest BCUT2D eigenvalue weighted by molar-refractivity contribution is 6.30. The number of amides is 1. The highest BCUT2D eigenvalue weighted by Crippen LogP contribution is 2.29. The molecule has 5 nitrogen and oxygen atoms in total. The second-order valence-electron chi connectivity index (χ2n) is 6.13. The quantitative estimate of drug-likeness (QED) is 0.331. The third kappa shape index (κ3) is 4.61. The van der Waals surface area contributed by atoms with Gasteiger partial charge in [0.1, 0.15) is 17.4 Å². The minimum Gasteiger partial charge on any atom is -0.507 e. The molecule has 140 valence electrons. The Morgan fingerprint density at radius 2 is 1.79 bits per heavy atom. The molecule has 6 heteroatoms. The summed E-state index contributed by atoms with van der Waals surface area (Å²) >= 11 is 5.86. The highest BCUT2D eigenvalue weighted by atomic mass is 35.5. The maximum atomic E-state index is 12.5. The summed E-state index contributed by atoms with van der Waals surface area (Å²) in [6, 6.07) is 19.7. The van der Waals surface area contributed by atoms with Crippen LogP contribution in [-0.2, 0) is 11.2 Å². The molecule has 0 saturated heterocycles. The number of halogens is 1. The summed E-state index contributed by atoms with van der Waals surface area (Å²) in [6.07, 6.45) is 2.14. The number of nitriles is 1. The monoisotopic (exact) mass is 391 g/mol. The zero-order valence-corrected chi connectivity index (χ0v) is 15.7. The predicted molar refractivity (Wildman–Crippen MR) is 111 cm³/mol. The van der Waals surface area contributed by atoms with Gasteiger partial charge >= 0.3 is 0 Å². The molecule has 0 aromatic heterocycles. The number of hydrogen-bond donors (Lipinski definition) is 3. The average Bonchev–Trinajstić information content (AvgIpc) is 2.70. The number of benzene rings is 3. The van der Waals surface area contributed by atoms with E-state index in [4.69, 9.17) is 11.6 Å². The third-order valence-electron chi connectivity index (χ3n) is 4.23. The zero-order valence-electron chi connectivity index (χ0n) is 14.9. The second-order valence-corrected chi connectivity index (χ2v) is 6.57. The van der Waals surface area contributed by atoms with Gasteiger partial charge in [0.2, 0.25) is 0 Å². The van der Waals surface area contributed by atoms with E-state index in [1.165, 1.54) is 6.20 Å². The van der Waals surface area contributed by atoms with Crippen molar-refractivity contribution < 1.29 is 9.90 Å². The number of anilines is 1. The van der Waals surface area contributed by atoms with Gasteiger partial charge < -0.3 is 15.7 Å². The molecule has 0 atom stereocenters. The fourth-order valence-corrected chi connectivity index (χ4v) is 2.91. The first kappa shape index (κ1) is 19.3. The van der Waals surface area contributed by atoms with Crippen molar-refractivity contribution in [3.8, 4) is 11.8 Å². The third-order valence-corrected chi connectivity index (χ3v) is 4.48. The molecule has 1 amide bonds. The molecule has 3 aromatic rings. The number of aromatic hydroxyl groups is 1. The SMILES string of the molecule is N#C/C(=C/NCCc1ccc(Cl)cc1)C(=O)Nc1cccc2c(O)cccc12. The summed E-state index contributed by atoms with van der Waals surface area (Å²) in [4.78, 5) is 12.5. The van der Waals surface area contributed by atoms with Gasteiger partial charge in [-0.2, -0.15) is 5.26 Å². The summed E-state index contributed by atoms with van der Waals surface area (Å²) in [7, 11) is 0. The van der Waals surface area contributed by atoms with Crippen LogP contribution in [0.25, 0.3) is 10.8 Å². The molecule has 0 spiro atoms. The molecule has 3 N–H and O–H groups in total. The highest BCUT2D eigenvalue weighted by Gasteiger charge is 2.11. The Labute approximate surface area is 167 Å². The molecule has 0 heterocycles. The molecule has 3 aromatic carbocycles. The Hall–Kier alpha value is -3.49. The molecule has 28 heavy (non-hydrogen) atoms. The molecule has 0 fully saturated rings. The van der Waals surface area contributed by atoms with Gasteiger partial charge in [-0.1, -0.05) is 48.0 Å². The number of nitrogens with one attached hydrogen (secondary N) is 2. The Bertz CT molecular complexity index is 1070. The van der Waals surface area contributed by atoms with Crippen LogP contribution in [0.5, 0.6) is 5.75 Å². The van der Waals surface area contributed by atoms with Crippen molar-refractivity contribution in [3.05, 3.63) is 83.0 Å². The van der Waals surface area contributed by atoms with Crippen LogP contribution in [0.4, 0.5) is 5.69 Å². The fraction of sp³-hybridized carbons (Fsp3) is 0.0909. The minimum absolute atomic E-state index is 0.0340. The predicted octanol–water partition coefficient (Wildman–Crippen LogP) is 4.38. The summed E-state index contributed by atoms with van der Waals surface area (Å²) < 4.78 is 0. The number of phenols is 1. The molecule has 0 unspecified atom stereocenters. The van der Waals surface area contributed by atoms with Gasteiger partial charge in [-0.15, -0.1) is 0 Å². The van der Waals surface area contributed by atoms with E-state index in [9.17, 15) is 15.2 Å². The first-order valence-electron chi connectivity index (χ1n) is 8.68. The standard InChI is InChI=1S/C22H18ClN3O2/c23-17-9-7-15(8-10-17)11-12-25-14-16(13-24)22(28)26-20-5-1-4-19-18(20)3-2-6-21(19)27/h1-10,14,25,27H,11-12H2,(H,26,28)/b16-14-. The van der Waals surface area contributed by atoms with Crippen LogP contribution in [0, 0.1) is 11.3 Å². The van der Waals surface area contributed by atoms with Crippen molar-refractivity contribution in [1.29, 1.82) is 5.26 Å². The van der Waals surface area contributed by atoms with Crippen LogP contribution in [-0.4, -0.2) is 17.6 Å². The summed E-state index contributed by atoms with van der Waals surface area (Å²) in [5.41, 5.74) is 1.60. The van der Waals surface area contributed by atoms with Crippen LogP contribution in [0.1, 0.15) is 5.56 Å². The Kier molecular flexibility index (Phi) is 6.15. The van der Waals surface area contributed by atoms with Crippen molar-refractivity contribution in [2.45, 2.75) is 6.42 Å². The molecular formula is C22H18ClN3O2. The number of rotatable bonds is 6. The van der Waals surface area contributed by atoms with Gasteiger partial charge in [0.05, 0.1) is 0 Å². The molecule has 0 aliphatic rings. The Morgan fingerprint density at radius 3 is 2.54 bits per heavy atom. The van der Waals surface area contributed by atoms with Crippen molar-refractivity contribution in [1.82, 2.24) is 5.32 Å². The average molecular weight is 392 g/mol. The lowest BCUT2D eigenvalue weighted by atomic mass is 10.1. The molecule has 0 aliphatic heterocycles. The molecule has 0 saturated carbocycles. The lowest BCUT2D eigenvalue weighted by Gasteiger charge is -2.09. The van der Waals surface area contributed by atoms with Gasteiger partial charge in [-0.05, 0) is 36.2 Å². The maximum absolute atomic E-state index is 12.5. The smallest absolute Gasteiger partial charge is 0.267 e. The zero-order chi connectivity index (χ0) is 19.9. The van der Waals surface area contributed by atoms with Gasteiger partial charge in [0.25, 0.3) is 5.91 Å². The molecular weight excluding hydrogens is 374 g/mol. The first-order valence-corrected chi connectivity index (χ1v) is 9.06. The summed E-state index contributed by atoms with van der Waals surface area (Å²) in [6.45, 7) is 0.572. The maximum Gasteiger partial charge on any atom is 0.267 e. The van der Waals surface area contributed by atoms with Gasteiger partial charge in [0, 0.05) is 34.2 Å². The van der Waals surface area contributed by atoms with Crippen molar-refractivity contribution in [2.75, 3.05) is 11.9 Å². The van der Waals surface area contributed by atoms with E-state index in [-0.39, 0.29) is 11.3 Å². The number of nitrogens with zero attached hydrogens (tertiary/aromatic N) is 1. The van der Waals surface area contributed by atoms with Crippen LogP contribution < -0.4 is 10.6 Å². The van der Waals surface area contributed by atoms with Crippen molar-refractivity contribution >= 4 is 34.0 Å². The molecule has 0 bridgehead atoms. The summed E-state index contributed by atoms with van der Waals surface area (Å²) in [5, 5.41) is 27.0. The number of carbonyl (C=O) groups is 1. The largest absolute Gasteiger partial charge is 0.507 e. The van der Waals surface area contributed by atoms with Crippen LogP contribution in [0.3, 0.4) is 0 Å². The Morgan fingerprint density at radius 1 is 1.07 bits per heavy atom. The molecule has 0 radical (unpaired) electrons. The van der Waals surface area contributed by atoms with Gasteiger partial charge in [-0.25, -0.2) is 0 Å². The van der Waals surface area contributed by atoms with Crippen LogP contribution in [0.2, 0.25) is 5.02 Å². The van der Waals surface area contributed by atoms with E-state index in [2.05, 4.69) is 10.6 Å². The van der Waals surface area contributed by atoms with Gasteiger partial charge in [-0.3, -0.25) is 4.79 Å². The summed E-state index contributed by atoms with van der Waals surface area (Å²) in [5.74, 6) is -0.383. The first-order chi connectivity index (χ1) is 13.6. The van der Waals surface area contributed by atoms with E-state index in [1.807, 2.05) is 30.3 Å². The van der Waals surface area contributed by atoms with Gasteiger partial charge in [0.15, 0.2) is 0 Å². The second kappa shape index (κ2) is 8.94. The number of carbonyl (C=O) groups excluding carboxylic acids is 1. The number of fused-ring (bicyclic) bond motifs is 1. The van der Waals surface area contributed by atoms with Crippen molar-refractivity contribution in [3.63, 3.8) is 0 Å². The number of hydrogen-bond acceptors (Lipinski definition) is 4. The lowest BCUT2D eigenvalue weighted by molar-refractivity contribution is -0.112. The van der Waals surface area contributed by atoms with Crippen molar-refractivity contribution in [2.24, 2.45) is 0 Å². The van der Waals surface area contributed by atoms with E-state index >= 15 is 0 Å². The molecule has 3 rings (SSSR count). The van der Waals surface area contributed by atoms with E-state index in [0.29, 0.717) is 28.0 Å². The van der Waals surface area contributed by atoms with E-state index in [1.54, 1.807) is 36.4 Å². The number of phenolic OH excluding ortho intramolecular Hbond substituents is 1. The van der Waals surface area contributed by atoms with Crippen LogP contribution >= 0.6 is 11.6 Å². The topological polar surface area (TPSA) is 85.2 Å². The minimum atomic E-state index is -0.516. The normalized spacial score (nSPS) is 11.1. The lowest BCUT2D eigenvalue weighted by Crippen LogP contribution is -2.18.